The largest absolute Gasteiger partial charge is 0.385 e. The van der Waals surface area contributed by atoms with Crippen LogP contribution in [0.4, 0.5) is 11.5 Å². The zero-order valence-corrected chi connectivity index (χ0v) is 15.5. The van der Waals surface area contributed by atoms with Gasteiger partial charge in [0, 0.05) is 20.3 Å². The van der Waals surface area contributed by atoms with E-state index in [1.54, 1.807) is 7.11 Å². The van der Waals surface area contributed by atoms with Gasteiger partial charge in [-0.1, -0.05) is 30.3 Å². The van der Waals surface area contributed by atoms with Crippen molar-refractivity contribution < 1.29 is 9.53 Å². The molecule has 0 aliphatic heterocycles. The van der Waals surface area contributed by atoms with Crippen LogP contribution < -0.4 is 27.6 Å². The van der Waals surface area contributed by atoms with Gasteiger partial charge in [0.2, 0.25) is 5.91 Å². The van der Waals surface area contributed by atoms with Crippen LogP contribution in [0.5, 0.6) is 0 Å². The van der Waals surface area contributed by atoms with E-state index < -0.39 is 23.2 Å². The van der Waals surface area contributed by atoms with Gasteiger partial charge in [-0.05, 0) is 18.9 Å². The number of nitrogens with zero attached hydrogens (tertiary/aromatic N) is 1. The van der Waals surface area contributed by atoms with Gasteiger partial charge < -0.3 is 21.1 Å². The molecule has 0 aliphatic rings. The molecule has 1 heterocycles. The highest BCUT2D eigenvalue weighted by molar-refractivity contribution is 5.96. The van der Waals surface area contributed by atoms with Crippen molar-refractivity contribution in [2.24, 2.45) is 5.73 Å². The third-order valence-corrected chi connectivity index (χ3v) is 3.87. The first-order valence-electron chi connectivity index (χ1n) is 8.64. The highest BCUT2D eigenvalue weighted by atomic mass is 16.5. The van der Waals surface area contributed by atoms with Gasteiger partial charge in [-0.2, -0.15) is 0 Å². The summed E-state index contributed by atoms with van der Waals surface area (Å²) in [4.78, 5) is 39.2. The van der Waals surface area contributed by atoms with E-state index in [2.05, 4.69) is 15.6 Å². The van der Waals surface area contributed by atoms with Crippen LogP contribution in [0, 0.1) is 0 Å². The lowest BCUT2D eigenvalue weighted by Gasteiger charge is -2.18. The van der Waals surface area contributed by atoms with E-state index in [1.807, 2.05) is 30.3 Å². The lowest BCUT2D eigenvalue weighted by Crippen LogP contribution is -2.39. The van der Waals surface area contributed by atoms with E-state index in [9.17, 15) is 14.4 Å². The van der Waals surface area contributed by atoms with Crippen molar-refractivity contribution in [1.82, 2.24) is 9.55 Å². The van der Waals surface area contributed by atoms with Crippen LogP contribution >= 0.6 is 0 Å². The number of benzene rings is 1. The number of anilines is 2. The molecule has 146 valence electrons. The van der Waals surface area contributed by atoms with Gasteiger partial charge in [0.25, 0.3) is 5.56 Å². The second kappa shape index (κ2) is 9.70. The smallest absolute Gasteiger partial charge is 0.330 e. The number of H-pyrrole nitrogens is 1. The molecule has 0 aliphatic carbocycles. The molecule has 0 radical (unpaired) electrons. The quantitative estimate of drug-likeness (QED) is 0.467. The minimum Gasteiger partial charge on any atom is -0.385 e. The normalized spacial score (nSPS) is 11.8. The van der Waals surface area contributed by atoms with Crippen LogP contribution in [0.1, 0.15) is 18.9 Å². The zero-order chi connectivity index (χ0) is 19.8. The third kappa shape index (κ3) is 5.53. The average Bonchev–Trinajstić information content (AvgIpc) is 2.64. The summed E-state index contributed by atoms with van der Waals surface area (Å²) in [5.74, 6) is -0.408. The van der Waals surface area contributed by atoms with E-state index in [4.69, 9.17) is 10.5 Å². The Morgan fingerprint density at radius 2 is 2.00 bits per heavy atom. The van der Waals surface area contributed by atoms with Crippen LogP contribution in [0.3, 0.4) is 0 Å². The molecule has 2 rings (SSSR count). The number of nitrogens with two attached hydrogens (primary N) is 1. The molecule has 0 saturated carbocycles. The van der Waals surface area contributed by atoms with E-state index in [0.29, 0.717) is 19.6 Å². The van der Waals surface area contributed by atoms with Gasteiger partial charge in [0.15, 0.2) is 0 Å². The van der Waals surface area contributed by atoms with E-state index in [-0.39, 0.29) is 18.1 Å². The lowest BCUT2D eigenvalue weighted by molar-refractivity contribution is -0.117. The van der Waals surface area contributed by atoms with Gasteiger partial charge in [-0.3, -0.25) is 19.1 Å². The van der Waals surface area contributed by atoms with Gasteiger partial charge in [-0.25, -0.2) is 4.79 Å². The van der Waals surface area contributed by atoms with Crippen LogP contribution in [0.25, 0.3) is 0 Å². The summed E-state index contributed by atoms with van der Waals surface area (Å²) in [7, 11) is 1.58. The Hall–Kier alpha value is -2.91. The van der Waals surface area contributed by atoms with Crippen molar-refractivity contribution in [2.75, 3.05) is 30.9 Å². The summed E-state index contributed by atoms with van der Waals surface area (Å²) in [6.07, 6.45) is 0.647. The number of ether oxygens (including phenoxy) is 1. The van der Waals surface area contributed by atoms with Crippen molar-refractivity contribution in [3.05, 3.63) is 56.7 Å². The van der Waals surface area contributed by atoms with Crippen molar-refractivity contribution in [3.63, 3.8) is 0 Å². The Morgan fingerprint density at radius 3 is 2.63 bits per heavy atom. The number of aromatic amines is 1. The molecular formula is C18H25N5O4. The lowest BCUT2D eigenvalue weighted by atomic mass is 10.2. The number of carbonyl (C=O) groups is 1. The molecule has 1 aromatic carbocycles. The molecule has 1 aromatic heterocycles. The monoisotopic (exact) mass is 375 g/mol. The maximum Gasteiger partial charge on any atom is 0.330 e. The van der Waals surface area contributed by atoms with Gasteiger partial charge in [-0.15, -0.1) is 0 Å². The molecule has 9 heteroatoms. The van der Waals surface area contributed by atoms with Crippen LogP contribution in [-0.2, 0) is 16.1 Å². The first kappa shape index (κ1) is 20.4. The third-order valence-electron chi connectivity index (χ3n) is 3.87. The summed E-state index contributed by atoms with van der Waals surface area (Å²) < 4.78 is 6.29. The Balaban J connectivity index is 2.47. The van der Waals surface area contributed by atoms with Crippen molar-refractivity contribution in [2.45, 2.75) is 25.9 Å². The van der Waals surface area contributed by atoms with Crippen molar-refractivity contribution >= 4 is 17.4 Å². The molecule has 1 amide bonds. The topological polar surface area (TPSA) is 131 Å². The second-order valence-corrected chi connectivity index (χ2v) is 6.11. The molecular weight excluding hydrogens is 350 g/mol. The second-order valence-electron chi connectivity index (χ2n) is 6.11. The molecule has 0 saturated heterocycles. The molecule has 9 nitrogen and oxygen atoms in total. The molecule has 5 N–H and O–H groups in total. The molecule has 2 aromatic rings. The molecule has 0 fully saturated rings. The molecule has 0 spiro atoms. The minimum absolute atomic E-state index is 0.0901. The summed E-state index contributed by atoms with van der Waals surface area (Å²) in [6.45, 7) is 2.64. The van der Waals surface area contributed by atoms with Crippen molar-refractivity contribution in [1.29, 1.82) is 0 Å². The molecule has 0 bridgehead atoms. The molecule has 1 atom stereocenters. The number of methoxy groups -OCH3 is 1. The average molecular weight is 375 g/mol. The highest BCUT2D eigenvalue weighted by Crippen LogP contribution is 2.17. The van der Waals surface area contributed by atoms with E-state index in [1.165, 1.54) is 11.5 Å². The van der Waals surface area contributed by atoms with Crippen LogP contribution in [0.15, 0.2) is 39.9 Å². The van der Waals surface area contributed by atoms with Gasteiger partial charge >= 0.3 is 5.69 Å². The van der Waals surface area contributed by atoms with E-state index in [0.717, 1.165) is 5.56 Å². The first-order valence-corrected chi connectivity index (χ1v) is 8.64. The number of carbonyl (C=O) groups excluding carboxylic acids is 1. The SMILES string of the molecule is COCCCNc1c(NC(=O)[C@H](C)N)n(Cc2ccccc2)c(=O)[nH]c1=O. The number of amides is 1. The standard InChI is InChI=1S/C18H25N5O4/c1-12(19)16(24)21-15-14(20-9-6-10-27-2)17(25)22-18(26)23(15)11-13-7-4-3-5-8-13/h3-5,7-8,12,20H,6,9-11,19H2,1-2H3,(H,21,24)(H,22,25,26)/t12-/m0/s1. The Kier molecular flexibility index (Phi) is 7.33. The molecule has 27 heavy (non-hydrogen) atoms. The Labute approximate surface area is 156 Å². The zero-order valence-electron chi connectivity index (χ0n) is 15.5. The Bertz CT molecular complexity index is 874. The number of aromatic nitrogens is 2. The maximum absolute atomic E-state index is 12.4. The first-order chi connectivity index (χ1) is 12.9. The predicted molar refractivity (Wildman–Crippen MR) is 104 cm³/mol. The van der Waals surface area contributed by atoms with Crippen LogP contribution in [0.2, 0.25) is 0 Å². The summed E-state index contributed by atoms with van der Waals surface area (Å²) >= 11 is 0. The summed E-state index contributed by atoms with van der Waals surface area (Å²) in [5, 5.41) is 5.58. The van der Waals surface area contributed by atoms with Crippen LogP contribution in [-0.4, -0.2) is 41.8 Å². The number of rotatable bonds is 9. The summed E-state index contributed by atoms with van der Waals surface area (Å²) in [5.41, 5.74) is 5.35. The fourth-order valence-electron chi connectivity index (χ4n) is 2.44. The highest BCUT2D eigenvalue weighted by Gasteiger charge is 2.19. The number of hydrogen-bond donors (Lipinski definition) is 4. The minimum atomic E-state index is -0.800. The van der Waals surface area contributed by atoms with Gasteiger partial charge in [0.1, 0.15) is 11.5 Å². The Morgan fingerprint density at radius 1 is 1.30 bits per heavy atom. The maximum atomic E-state index is 12.4. The van der Waals surface area contributed by atoms with Crippen molar-refractivity contribution in [3.8, 4) is 0 Å². The van der Waals surface area contributed by atoms with E-state index >= 15 is 0 Å². The number of hydrogen-bond acceptors (Lipinski definition) is 6. The fourth-order valence-corrected chi connectivity index (χ4v) is 2.44. The predicted octanol–water partition coefficient (Wildman–Crippen LogP) is 0.319. The number of nitrogens with one attached hydrogen (secondary N) is 3. The molecule has 0 unspecified atom stereocenters. The fraction of sp³-hybridized carbons (Fsp3) is 0.389. The summed E-state index contributed by atoms with van der Waals surface area (Å²) in [6, 6.07) is 8.44. The van der Waals surface area contributed by atoms with Gasteiger partial charge in [0.05, 0.1) is 12.6 Å².